The van der Waals surface area contributed by atoms with Gasteiger partial charge < -0.3 is 15.8 Å². The maximum atomic E-state index is 12.5. The fourth-order valence-electron chi connectivity index (χ4n) is 2.91. The molecular weight excluding hydrogens is 352 g/mol. The van der Waals surface area contributed by atoms with Gasteiger partial charge in [-0.1, -0.05) is 6.92 Å². The molecule has 9 nitrogen and oxygen atoms in total. The molecule has 1 aromatic heterocycles. The summed E-state index contributed by atoms with van der Waals surface area (Å²) in [7, 11) is 1.43. The molecule has 2 heterocycles. The van der Waals surface area contributed by atoms with Crippen molar-refractivity contribution in [1.29, 1.82) is 0 Å². The Morgan fingerprint density at radius 3 is 2.63 bits per heavy atom. The first-order valence-electron chi connectivity index (χ1n) is 8.26. The highest BCUT2D eigenvalue weighted by atomic mass is 16.5. The number of benzene rings is 1. The standard InChI is InChI=1S/C18H18N4O5/c1-3-4-13(23)20-11-6-5-9(7-12(11)27-2)22-14(24)8-10-15(16(22)19)18(26)21-17(10)25/h5-8H,3-4,19H2,1-2H3,(H,20,23)(H,21,25,26). The third-order valence-electron chi connectivity index (χ3n) is 4.15. The highest BCUT2D eigenvalue weighted by Gasteiger charge is 2.31. The molecule has 0 atom stereocenters. The molecule has 9 heteroatoms. The summed E-state index contributed by atoms with van der Waals surface area (Å²) in [4.78, 5) is 48.0. The van der Waals surface area contributed by atoms with Gasteiger partial charge in [0.15, 0.2) is 0 Å². The van der Waals surface area contributed by atoms with Crippen molar-refractivity contribution in [2.75, 3.05) is 18.2 Å². The first-order chi connectivity index (χ1) is 12.9. The highest BCUT2D eigenvalue weighted by molar-refractivity contribution is 6.23. The van der Waals surface area contributed by atoms with E-state index in [0.717, 1.165) is 10.6 Å². The van der Waals surface area contributed by atoms with Crippen LogP contribution < -0.4 is 26.7 Å². The van der Waals surface area contributed by atoms with Gasteiger partial charge in [0.05, 0.1) is 29.6 Å². The number of hydrogen-bond acceptors (Lipinski definition) is 6. The average Bonchev–Trinajstić information content (AvgIpc) is 2.90. The lowest BCUT2D eigenvalue weighted by molar-refractivity contribution is -0.116. The van der Waals surface area contributed by atoms with Crippen molar-refractivity contribution in [2.45, 2.75) is 19.8 Å². The topological polar surface area (TPSA) is 133 Å². The minimum absolute atomic E-state index is 0.0427. The predicted octanol–water partition coefficient (Wildman–Crippen LogP) is 1.05. The summed E-state index contributed by atoms with van der Waals surface area (Å²) in [6.45, 7) is 1.89. The van der Waals surface area contributed by atoms with Crippen molar-refractivity contribution in [3.8, 4) is 11.4 Å². The van der Waals surface area contributed by atoms with Gasteiger partial charge in [-0.05, 0) is 18.6 Å². The quantitative estimate of drug-likeness (QED) is 0.674. The molecule has 3 amide bonds. The maximum Gasteiger partial charge on any atom is 0.262 e. The molecular formula is C18H18N4O5. The van der Waals surface area contributed by atoms with Gasteiger partial charge in [0.25, 0.3) is 17.4 Å². The molecule has 0 aliphatic carbocycles. The number of ether oxygens (including phenoxy) is 1. The van der Waals surface area contributed by atoms with E-state index < -0.39 is 17.4 Å². The Morgan fingerprint density at radius 1 is 1.22 bits per heavy atom. The first-order valence-corrected chi connectivity index (χ1v) is 8.26. The van der Waals surface area contributed by atoms with E-state index >= 15 is 0 Å². The molecule has 0 bridgehead atoms. The summed E-state index contributed by atoms with van der Waals surface area (Å²) in [5.41, 5.74) is 6.13. The molecule has 0 unspecified atom stereocenters. The monoisotopic (exact) mass is 370 g/mol. The molecule has 140 valence electrons. The van der Waals surface area contributed by atoms with Crippen LogP contribution in [0.2, 0.25) is 0 Å². The number of amides is 3. The summed E-state index contributed by atoms with van der Waals surface area (Å²) < 4.78 is 6.40. The lowest BCUT2D eigenvalue weighted by Gasteiger charge is -2.15. The van der Waals surface area contributed by atoms with Crippen molar-refractivity contribution in [3.05, 3.63) is 45.7 Å². The number of aromatic nitrogens is 1. The average molecular weight is 370 g/mol. The molecule has 1 aliphatic rings. The molecule has 0 saturated heterocycles. The number of nitrogens with zero attached hydrogens (tertiary/aromatic N) is 1. The fraction of sp³-hybridized carbons (Fsp3) is 0.222. The van der Waals surface area contributed by atoms with E-state index in [4.69, 9.17) is 10.5 Å². The zero-order valence-electron chi connectivity index (χ0n) is 14.8. The van der Waals surface area contributed by atoms with Gasteiger partial charge in [0.1, 0.15) is 11.6 Å². The minimum Gasteiger partial charge on any atom is -0.494 e. The number of carbonyl (C=O) groups is 3. The first kappa shape index (κ1) is 18.2. The Labute approximate surface area is 154 Å². The van der Waals surface area contributed by atoms with Gasteiger partial charge in [-0.25, -0.2) is 0 Å². The molecule has 2 aromatic rings. The maximum absolute atomic E-state index is 12.5. The van der Waals surface area contributed by atoms with Crippen LogP contribution in [-0.4, -0.2) is 29.4 Å². The van der Waals surface area contributed by atoms with Gasteiger partial charge in [0.2, 0.25) is 5.91 Å². The number of methoxy groups -OCH3 is 1. The number of nitrogens with two attached hydrogens (primary N) is 1. The van der Waals surface area contributed by atoms with Gasteiger partial charge in [0, 0.05) is 18.6 Å². The second-order valence-electron chi connectivity index (χ2n) is 5.96. The van der Waals surface area contributed by atoms with Crippen LogP contribution in [0.15, 0.2) is 29.1 Å². The number of carbonyl (C=O) groups excluding carboxylic acids is 3. The highest BCUT2D eigenvalue weighted by Crippen LogP contribution is 2.29. The van der Waals surface area contributed by atoms with Crippen molar-refractivity contribution >= 4 is 29.2 Å². The van der Waals surface area contributed by atoms with Crippen molar-refractivity contribution in [3.63, 3.8) is 0 Å². The van der Waals surface area contributed by atoms with Crippen molar-refractivity contribution in [2.24, 2.45) is 0 Å². The van der Waals surface area contributed by atoms with Crippen molar-refractivity contribution < 1.29 is 19.1 Å². The molecule has 0 saturated carbocycles. The third kappa shape index (κ3) is 3.14. The van der Waals surface area contributed by atoms with Crippen LogP contribution in [0.5, 0.6) is 5.75 Å². The fourth-order valence-corrected chi connectivity index (χ4v) is 2.91. The number of rotatable bonds is 5. The summed E-state index contributed by atoms with van der Waals surface area (Å²) >= 11 is 0. The van der Waals surface area contributed by atoms with Crippen LogP contribution in [-0.2, 0) is 4.79 Å². The Balaban J connectivity index is 2.09. The number of pyridine rings is 1. The lowest BCUT2D eigenvalue weighted by atomic mass is 10.1. The Bertz CT molecular complexity index is 1030. The van der Waals surface area contributed by atoms with Gasteiger partial charge in [-0.3, -0.25) is 29.1 Å². The van der Waals surface area contributed by atoms with Crippen LogP contribution in [0.1, 0.15) is 40.5 Å². The van der Waals surface area contributed by atoms with Crippen LogP contribution >= 0.6 is 0 Å². The molecule has 4 N–H and O–H groups in total. The zero-order valence-corrected chi connectivity index (χ0v) is 14.8. The number of anilines is 2. The number of nitrogen functional groups attached to an aromatic ring is 1. The normalized spacial score (nSPS) is 12.5. The van der Waals surface area contributed by atoms with E-state index in [1.165, 1.54) is 13.2 Å². The van der Waals surface area contributed by atoms with Crippen LogP contribution in [0, 0.1) is 0 Å². The Kier molecular flexibility index (Phi) is 4.68. The lowest BCUT2D eigenvalue weighted by Crippen LogP contribution is -2.24. The number of fused-ring (bicyclic) bond motifs is 1. The minimum atomic E-state index is -0.656. The van der Waals surface area contributed by atoms with Crippen LogP contribution in [0.25, 0.3) is 5.69 Å². The summed E-state index contributed by atoms with van der Waals surface area (Å²) in [6.07, 6.45) is 1.07. The zero-order chi connectivity index (χ0) is 19.7. The van der Waals surface area contributed by atoms with Gasteiger partial charge in [-0.2, -0.15) is 0 Å². The molecule has 1 aliphatic heterocycles. The SMILES string of the molecule is CCCC(=O)Nc1ccc(-n2c(N)c3c(cc2=O)C(=O)NC3=O)cc1OC. The molecule has 0 spiro atoms. The van der Waals surface area contributed by atoms with E-state index in [0.29, 0.717) is 30.0 Å². The number of hydrogen-bond donors (Lipinski definition) is 3. The van der Waals surface area contributed by atoms with Gasteiger partial charge in [-0.15, -0.1) is 0 Å². The molecule has 1 aromatic carbocycles. The molecule has 0 fully saturated rings. The third-order valence-corrected chi connectivity index (χ3v) is 4.15. The van der Waals surface area contributed by atoms with E-state index in [1.54, 1.807) is 12.1 Å². The molecule has 3 rings (SSSR count). The summed E-state index contributed by atoms with van der Waals surface area (Å²) in [5.74, 6) is -1.29. The number of imide groups is 1. The largest absolute Gasteiger partial charge is 0.494 e. The predicted molar refractivity (Wildman–Crippen MR) is 98.3 cm³/mol. The smallest absolute Gasteiger partial charge is 0.262 e. The summed E-state index contributed by atoms with van der Waals surface area (Å²) in [5, 5.41) is 4.85. The molecule has 0 radical (unpaired) electrons. The Hall–Kier alpha value is -3.62. The van der Waals surface area contributed by atoms with Crippen LogP contribution in [0.3, 0.4) is 0 Å². The van der Waals surface area contributed by atoms with Crippen LogP contribution in [0.4, 0.5) is 11.5 Å². The van der Waals surface area contributed by atoms with Gasteiger partial charge >= 0.3 is 0 Å². The Morgan fingerprint density at radius 2 is 1.96 bits per heavy atom. The number of nitrogens with one attached hydrogen (secondary N) is 2. The van der Waals surface area contributed by atoms with E-state index in [-0.39, 0.29) is 22.9 Å². The second-order valence-corrected chi connectivity index (χ2v) is 5.96. The molecule has 27 heavy (non-hydrogen) atoms. The summed E-state index contributed by atoms with van der Waals surface area (Å²) in [6, 6.07) is 5.71. The second kappa shape index (κ2) is 6.94. The van der Waals surface area contributed by atoms with E-state index in [9.17, 15) is 19.2 Å². The van der Waals surface area contributed by atoms with E-state index in [1.807, 2.05) is 6.92 Å². The van der Waals surface area contributed by atoms with Crippen molar-refractivity contribution in [1.82, 2.24) is 9.88 Å². The van der Waals surface area contributed by atoms with E-state index in [2.05, 4.69) is 10.6 Å².